The van der Waals surface area contributed by atoms with E-state index >= 15 is 0 Å². The van der Waals surface area contributed by atoms with Crippen molar-refractivity contribution in [1.29, 1.82) is 0 Å². The Morgan fingerprint density at radius 2 is 2.06 bits per heavy atom. The fourth-order valence-electron chi connectivity index (χ4n) is 1.31. The summed E-state index contributed by atoms with van der Waals surface area (Å²) in [6.07, 6.45) is 4.84. The van der Waals surface area contributed by atoms with Gasteiger partial charge in [-0.05, 0) is 18.2 Å². The van der Waals surface area contributed by atoms with Crippen LogP contribution in [0.1, 0.15) is 0 Å². The molecule has 0 atom stereocenters. The van der Waals surface area contributed by atoms with Crippen molar-refractivity contribution < 1.29 is 0 Å². The van der Waals surface area contributed by atoms with Gasteiger partial charge in [-0.3, -0.25) is 4.57 Å². The molecule has 0 aliphatic rings. The molecular weight excluding hydrogens is 316 g/mol. The molecule has 0 aliphatic heterocycles. The fourth-order valence-corrected chi connectivity index (χ4v) is 1.96. The number of halogens is 4. The van der Waals surface area contributed by atoms with Crippen molar-refractivity contribution in [3.05, 3.63) is 47.0 Å². The van der Waals surface area contributed by atoms with Crippen molar-refractivity contribution in [2.75, 3.05) is 0 Å². The summed E-state index contributed by atoms with van der Waals surface area (Å²) in [6.45, 7) is 0. The summed E-state index contributed by atoms with van der Waals surface area (Å²) in [5.41, 5.74) is 0.499. The van der Waals surface area contributed by atoms with Gasteiger partial charge >= 0.3 is 0 Å². The van der Waals surface area contributed by atoms with Gasteiger partial charge in [0.25, 0.3) is 0 Å². The van der Waals surface area contributed by atoms with Gasteiger partial charge in [0, 0.05) is 17.4 Å². The molecule has 0 amide bonds. The molecule has 7 heteroatoms. The summed E-state index contributed by atoms with van der Waals surface area (Å²) in [6, 6.07) is 4.97. The van der Waals surface area contributed by atoms with Crippen LogP contribution in [0.5, 0.6) is 0 Å². The summed E-state index contributed by atoms with van der Waals surface area (Å²) in [4.78, 5) is 7.42. The highest BCUT2D eigenvalue weighted by atomic mass is 35.5. The van der Waals surface area contributed by atoms with Crippen LogP contribution in [0.4, 0.5) is 5.69 Å². The molecule has 0 saturated carbocycles. The summed E-state index contributed by atoms with van der Waals surface area (Å²) in [5.74, 6) is 0.403. The Bertz CT molecular complexity index is 564. The first kappa shape index (κ1) is 13.7. The van der Waals surface area contributed by atoms with Gasteiger partial charge in [0.1, 0.15) is 12.2 Å². The molecule has 0 N–H and O–H groups in total. The molecule has 2 aromatic rings. The lowest BCUT2D eigenvalue weighted by Gasteiger charge is -2.08. The zero-order valence-electron chi connectivity index (χ0n) is 8.89. The molecule has 0 aliphatic carbocycles. The topological polar surface area (TPSA) is 30.2 Å². The van der Waals surface area contributed by atoms with E-state index in [0.717, 1.165) is 0 Å². The number of aliphatic imine (C=N–C) groups is 1. The SMILES string of the molecule is Clc1ccc(Cl)c(N=C(C(Cl)Cl)n2ccnc2)c1. The third-order valence-electron chi connectivity index (χ3n) is 2.11. The molecule has 2 rings (SSSR count). The second-order valence-corrected chi connectivity index (χ2v) is 5.28. The smallest absolute Gasteiger partial charge is 0.165 e. The molecule has 94 valence electrons. The van der Waals surface area contributed by atoms with Gasteiger partial charge in [-0.1, -0.05) is 46.4 Å². The van der Waals surface area contributed by atoms with Gasteiger partial charge in [0.2, 0.25) is 0 Å². The lowest BCUT2D eigenvalue weighted by atomic mass is 10.3. The number of hydrogen-bond donors (Lipinski definition) is 0. The van der Waals surface area contributed by atoms with Gasteiger partial charge in [-0.2, -0.15) is 0 Å². The molecule has 0 unspecified atom stereocenters. The zero-order valence-corrected chi connectivity index (χ0v) is 11.9. The van der Waals surface area contributed by atoms with Crippen LogP contribution in [0.25, 0.3) is 0 Å². The second kappa shape index (κ2) is 5.93. The summed E-state index contributed by atoms with van der Waals surface area (Å²) >= 11 is 23.7. The monoisotopic (exact) mass is 321 g/mol. The van der Waals surface area contributed by atoms with Gasteiger partial charge in [-0.15, -0.1) is 0 Å². The average molecular weight is 323 g/mol. The number of rotatable bonds is 2. The van der Waals surface area contributed by atoms with E-state index in [1.54, 1.807) is 41.5 Å². The van der Waals surface area contributed by atoms with Crippen molar-refractivity contribution in [3.63, 3.8) is 0 Å². The van der Waals surface area contributed by atoms with E-state index in [1.807, 2.05) is 0 Å². The maximum Gasteiger partial charge on any atom is 0.165 e. The van der Waals surface area contributed by atoms with Crippen molar-refractivity contribution in [3.8, 4) is 0 Å². The summed E-state index contributed by atoms with van der Waals surface area (Å²) in [7, 11) is 0. The maximum atomic E-state index is 6.03. The molecule has 18 heavy (non-hydrogen) atoms. The minimum atomic E-state index is -0.811. The molecule has 0 radical (unpaired) electrons. The Balaban J connectivity index is 2.48. The number of alkyl halides is 2. The quantitative estimate of drug-likeness (QED) is 0.452. The number of aromatic nitrogens is 2. The van der Waals surface area contributed by atoms with E-state index in [9.17, 15) is 0 Å². The van der Waals surface area contributed by atoms with E-state index in [1.165, 1.54) is 0 Å². The van der Waals surface area contributed by atoms with Crippen LogP contribution >= 0.6 is 46.4 Å². The van der Waals surface area contributed by atoms with E-state index in [-0.39, 0.29) is 0 Å². The Morgan fingerprint density at radius 3 is 2.67 bits per heavy atom. The van der Waals surface area contributed by atoms with Crippen LogP contribution in [0.15, 0.2) is 41.9 Å². The van der Waals surface area contributed by atoms with Crippen LogP contribution in [0, 0.1) is 0 Å². The summed E-state index contributed by atoms with van der Waals surface area (Å²) in [5, 5.41) is 0.995. The second-order valence-electron chi connectivity index (χ2n) is 3.34. The minimum absolute atomic E-state index is 0.403. The highest BCUT2D eigenvalue weighted by molar-refractivity contribution is 6.54. The molecule has 1 heterocycles. The number of imidazole rings is 1. The Kier molecular flexibility index (Phi) is 4.51. The molecule has 1 aromatic carbocycles. The first-order valence-corrected chi connectivity index (χ1v) is 6.51. The van der Waals surface area contributed by atoms with E-state index in [0.29, 0.717) is 21.6 Å². The van der Waals surface area contributed by atoms with Crippen LogP contribution in [-0.2, 0) is 0 Å². The van der Waals surface area contributed by atoms with Crippen molar-refractivity contribution in [2.45, 2.75) is 4.84 Å². The highest BCUT2D eigenvalue weighted by Gasteiger charge is 2.13. The Hall–Kier alpha value is -0.740. The molecule has 1 aromatic heterocycles. The predicted octanol–water partition coefficient (Wildman–Crippen LogP) is 4.57. The molecule has 0 bridgehead atoms. The molecule has 3 nitrogen and oxygen atoms in total. The van der Waals surface area contributed by atoms with Crippen LogP contribution in [0.2, 0.25) is 10.0 Å². The van der Waals surface area contributed by atoms with Crippen molar-refractivity contribution in [1.82, 2.24) is 9.55 Å². The average Bonchev–Trinajstić information content (AvgIpc) is 2.83. The third-order valence-corrected chi connectivity index (χ3v) is 3.05. The first-order valence-electron chi connectivity index (χ1n) is 4.88. The molecule has 0 fully saturated rings. The predicted molar refractivity (Wildman–Crippen MR) is 76.7 cm³/mol. The number of nitrogens with zero attached hydrogens (tertiary/aromatic N) is 3. The van der Waals surface area contributed by atoms with E-state index < -0.39 is 4.84 Å². The molecule has 0 spiro atoms. The Morgan fingerprint density at radius 1 is 1.28 bits per heavy atom. The zero-order chi connectivity index (χ0) is 13.1. The van der Waals surface area contributed by atoms with Gasteiger partial charge in [0.05, 0.1) is 10.7 Å². The van der Waals surface area contributed by atoms with Crippen molar-refractivity contribution >= 4 is 57.9 Å². The largest absolute Gasteiger partial charge is 0.292 e. The van der Waals surface area contributed by atoms with Crippen molar-refractivity contribution in [2.24, 2.45) is 4.99 Å². The maximum absolute atomic E-state index is 6.03. The van der Waals surface area contributed by atoms with Gasteiger partial charge in [0.15, 0.2) is 4.84 Å². The van der Waals surface area contributed by atoms with Gasteiger partial charge < -0.3 is 0 Å². The summed E-state index contributed by atoms with van der Waals surface area (Å²) < 4.78 is 1.61. The highest BCUT2D eigenvalue weighted by Crippen LogP contribution is 2.29. The first-order chi connectivity index (χ1) is 8.58. The molecular formula is C11H7Cl4N3. The standard InChI is InChI=1S/C11H7Cl4N3/c12-7-1-2-8(13)9(5-7)17-11(10(14)15)18-4-3-16-6-18/h1-6,10H. The minimum Gasteiger partial charge on any atom is -0.292 e. The Labute approximate surface area is 124 Å². The molecule has 0 saturated heterocycles. The lowest BCUT2D eigenvalue weighted by Crippen LogP contribution is -2.17. The van der Waals surface area contributed by atoms with E-state index in [4.69, 9.17) is 46.4 Å². The van der Waals surface area contributed by atoms with Gasteiger partial charge in [-0.25, -0.2) is 9.98 Å². The van der Waals surface area contributed by atoms with Crippen LogP contribution < -0.4 is 0 Å². The fraction of sp³-hybridized carbons (Fsp3) is 0.0909. The number of hydrogen-bond acceptors (Lipinski definition) is 2. The normalized spacial score (nSPS) is 12.2. The lowest BCUT2D eigenvalue weighted by molar-refractivity contribution is 1.10. The van der Waals surface area contributed by atoms with Crippen LogP contribution in [-0.4, -0.2) is 20.2 Å². The van der Waals surface area contributed by atoms with E-state index in [2.05, 4.69) is 9.98 Å². The third kappa shape index (κ3) is 3.18. The number of benzene rings is 1. The van der Waals surface area contributed by atoms with Crippen LogP contribution in [0.3, 0.4) is 0 Å².